The number of aromatic nitrogens is 1. The van der Waals surface area contributed by atoms with Crippen molar-refractivity contribution in [2.45, 2.75) is 25.5 Å². The van der Waals surface area contributed by atoms with Crippen molar-refractivity contribution < 1.29 is 28.9 Å². The number of rotatable bonds is 7. The summed E-state index contributed by atoms with van der Waals surface area (Å²) in [6.45, 7) is 5.98. The lowest BCUT2D eigenvalue weighted by Crippen LogP contribution is -2.29. The maximum atomic E-state index is 13.6. The third-order valence-electron chi connectivity index (χ3n) is 6.97. The van der Waals surface area contributed by atoms with Crippen LogP contribution in [0.4, 0.5) is 5.13 Å². The molecule has 4 aromatic rings. The first-order chi connectivity index (χ1) is 19.4. The minimum absolute atomic E-state index is 0.00601. The summed E-state index contributed by atoms with van der Waals surface area (Å²) in [6.07, 6.45) is 2.36. The molecule has 1 amide bonds. The number of amides is 1. The van der Waals surface area contributed by atoms with Crippen molar-refractivity contribution in [2.75, 3.05) is 18.6 Å². The van der Waals surface area contributed by atoms with E-state index in [0.29, 0.717) is 46.3 Å². The molecule has 3 aromatic carbocycles. The molecule has 1 N–H and O–H groups in total. The molecule has 0 unspecified atom stereocenters. The fraction of sp³-hybridized carbons (Fsp3) is 0.194. The molecule has 40 heavy (non-hydrogen) atoms. The smallest absolute Gasteiger partial charge is 0.301 e. The van der Waals surface area contributed by atoms with Gasteiger partial charge in [0.25, 0.3) is 5.78 Å². The lowest BCUT2D eigenvalue weighted by Gasteiger charge is -2.23. The summed E-state index contributed by atoms with van der Waals surface area (Å²) in [6, 6.07) is 16.9. The summed E-state index contributed by atoms with van der Waals surface area (Å²) in [5.41, 5.74) is 2.67. The molecule has 2 aliphatic heterocycles. The highest BCUT2D eigenvalue weighted by Crippen LogP contribution is 2.45. The van der Waals surface area contributed by atoms with Crippen molar-refractivity contribution in [1.82, 2.24) is 4.98 Å². The first-order valence-electron chi connectivity index (χ1n) is 12.8. The summed E-state index contributed by atoms with van der Waals surface area (Å²) in [5, 5.41) is 11.9. The molecular formula is C31H26N2O6S. The molecule has 9 heteroatoms. The molecule has 2 atom stereocenters. The molecule has 0 aliphatic carbocycles. The highest BCUT2D eigenvalue weighted by Gasteiger charge is 2.48. The maximum absolute atomic E-state index is 13.6. The van der Waals surface area contributed by atoms with Crippen LogP contribution in [0, 0.1) is 0 Å². The Morgan fingerprint density at radius 3 is 2.67 bits per heavy atom. The quantitative estimate of drug-likeness (QED) is 0.133. The summed E-state index contributed by atoms with van der Waals surface area (Å²) in [7, 11) is 1.58. The first kappa shape index (κ1) is 25.6. The number of ketones is 1. The number of hydrogen-bond acceptors (Lipinski definition) is 8. The fourth-order valence-electron chi connectivity index (χ4n) is 5.09. The molecule has 0 spiro atoms. The monoisotopic (exact) mass is 554 g/mol. The topological polar surface area (TPSA) is 98.2 Å². The second-order valence-corrected chi connectivity index (χ2v) is 10.6. The van der Waals surface area contributed by atoms with Crippen molar-refractivity contribution in [3.05, 3.63) is 95.6 Å². The third kappa shape index (κ3) is 4.38. The lowest BCUT2D eigenvalue weighted by atomic mass is 9.94. The number of benzene rings is 3. The van der Waals surface area contributed by atoms with Gasteiger partial charge < -0.3 is 19.3 Å². The molecule has 3 heterocycles. The van der Waals surface area contributed by atoms with Crippen LogP contribution in [0.15, 0.2) is 78.9 Å². The Balaban J connectivity index is 1.49. The molecule has 1 fully saturated rings. The second kappa shape index (κ2) is 10.2. The summed E-state index contributed by atoms with van der Waals surface area (Å²) in [4.78, 5) is 33.2. The number of thiazole rings is 1. The molecule has 2 aliphatic rings. The van der Waals surface area contributed by atoms with E-state index in [2.05, 4.69) is 11.6 Å². The van der Waals surface area contributed by atoms with Crippen LogP contribution in [0.3, 0.4) is 0 Å². The molecular weight excluding hydrogens is 528 g/mol. The van der Waals surface area contributed by atoms with E-state index in [-0.39, 0.29) is 17.4 Å². The number of carbonyl (C=O) groups excluding carboxylic acids is 2. The maximum Gasteiger partial charge on any atom is 0.301 e. The number of carbonyl (C=O) groups is 2. The minimum Gasteiger partial charge on any atom is -0.507 e. The summed E-state index contributed by atoms with van der Waals surface area (Å²) < 4.78 is 17.6. The van der Waals surface area contributed by atoms with Crippen LogP contribution in [0.2, 0.25) is 0 Å². The number of aliphatic hydroxyl groups is 1. The van der Waals surface area contributed by atoms with E-state index >= 15 is 0 Å². The van der Waals surface area contributed by atoms with Crippen LogP contribution in [0.5, 0.6) is 17.2 Å². The average molecular weight is 555 g/mol. The SMILES string of the molecule is C=CCOc1ccc([C@H]2C(=C(O)c3ccc4c(c3)C[C@@H](C)O4)C(=O)C(=O)N2c2nc3ccc(OC)cc3s2)cc1. The number of methoxy groups -OCH3 is 1. The van der Waals surface area contributed by atoms with E-state index in [1.165, 1.54) is 16.2 Å². The molecule has 8 nitrogen and oxygen atoms in total. The number of fused-ring (bicyclic) bond motifs is 2. The Morgan fingerprint density at radius 2 is 1.93 bits per heavy atom. The van der Waals surface area contributed by atoms with E-state index in [1.54, 1.807) is 61.7 Å². The van der Waals surface area contributed by atoms with Crippen molar-refractivity contribution in [3.63, 3.8) is 0 Å². The van der Waals surface area contributed by atoms with Gasteiger partial charge in [0.15, 0.2) is 5.13 Å². The highest BCUT2D eigenvalue weighted by molar-refractivity contribution is 7.22. The van der Waals surface area contributed by atoms with Crippen LogP contribution in [-0.2, 0) is 16.0 Å². The zero-order valence-corrected chi connectivity index (χ0v) is 22.7. The molecule has 0 bridgehead atoms. The number of aliphatic hydroxyl groups excluding tert-OH is 1. The zero-order chi connectivity index (χ0) is 28.0. The minimum atomic E-state index is -0.903. The number of Topliss-reactive ketones (excluding diaryl/α,β-unsaturated/α-hetero) is 1. The van der Waals surface area contributed by atoms with Crippen LogP contribution in [-0.4, -0.2) is 41.6 Å². The van der Waals surface area contributed by atoms with Crippen molar-refractivity contribution in [2.24, 2.45) is 0 Å². The van der Waals surface area contributed by atoms with E-state index in [4.69, 9.17) is 14.2 Å². The first-order valence-corrected chi connectivity index (χ1v) is 13.6. The average Bonchev–Trinajstić information content (AvgIpc) is 3.63. The normalized spacial score (nSPS) is 19.5. The van der Waals surface area contributed by atoms with Gasteiger partial charge in [0.1, 0.15) is 35.7 Å². The Morgan fingerprint density at radius 1 is 1.15 bits per heavy atom. The van der Waals surface area contributed by atoms with Gasteiger partial charge in [-0.2, -0.15) is 0 Å². The predicted octanol–water partition coefficient (Wildman–Crippen LogP) is 5.82. The largest absolute Gasteiger partial charge is 0.507 e. The van der Waals surface area contributed by atoms with E-state index < -0.39 is 17.7 Å². The summed E-state index contributed by atoms with van der Waals surface area (Å²) >= 11 is 1.27. The van der Waals surface area contributed by atoms with E-state index in [1.807, 2.05) is 19.1 Å². The molecule has 202 valence electrons. The van der Waals surface area contributed by atoms with Gasteiger partial charge in [0, 0.05) is 12.0 Å². The highest BCUT2D eigenvalue weighted by atomic mass is 32.1. The fourth-order valence-corrected chi connectivity index (χ4v) is 6.12. The number of anilines is 1. The predicted molar refractivity (Wildman–Crippen MR) is 153 cm³/mol. The van der Waals surface area contributed by atoms with E-state index in [9.17, 15) is 14.7 Å². The van der Waals surface area contributed by atoms with Gasteiger partial charge in [0.05, 0.1) is 28.9 Å². The Labute approximate surface area is 234 Å². The summed E-state index contributed by atoms with van der Waals surface area (Å²) in [5.74, 6) is 0.231. The molecule has 1 saturated heterocycles. The zero-order valence-electron chi connectivity index (χ0n) is 21.9. The van der Waals surface area contributed by atoms with Crippen molar-refractivity contribution >= 4 is 44.1 Å². The van der Waals surface area contributed by atoms with Gasteiger partial charge in [-0.1, -0.05) is 36.1 Å². The van der Waals surface area contributed by atoms with Crippen LogP contribution >= 0.6 is 11.3 Å². The van der Waals surface area contributed by atoms with Gasteiger partial charge in [-0.25, -0.2) is 4.98 Å². The molecule has 1 aromatic heterocycles. The molecule has 0 saturated carbocycles. The third-order valence-corrected chi connectivity index (χ3v) is 7.99. The number of nitrogens with zero attached hydrogens (tertiary/aromatic N) is 2. The van der Waals surface area contributed by atoms with E-state index in [0.717, 1.165) is 16.0 Å². The molecule has 0 radical (unpaired) electrons. The van der Waals surface area contributed by atoms with Crippen LogP contribution in [0.1, 0.15) is 29.7 Å². The molecule has 6 rings (SSSR count). The van der Waals surface area contributed by atoms with Gasteiger partial charge in [0.2, 0.25) is 0 Å². The number of hydrogen-bond donors (Lipinski definition) is 1. The number of ether oxygens (including phenoxy) is 3. The Hall–Kier alpha value is -4.63. The standard InChI is InChI=1S/C31H26N2O6S/c1-4-13-38-21-8-5-18(6-9-21)27-26(28(34)19-7-12-24-20(15-19)14-17(2)39-24)29(35)30(36)33(27)31-32-23-11-10-22(37-3)16-25(23)40-31/h4-12,15-17,27,34H,1,13-14H2,2-3H3/t17-,27+/m1/s1. The van der Waals surface area contributed by atoms with Crippen LogP contribution in [0.25, 0.3) is 16.0 Å². The van der Waals surface area contributed by atoms with Gasteiger partial charge in [-0.05, 0) is 66.6 Å². The Bertz CT molecular complexity index is 1690. The van der Waals surface area contributed by atoms with Crippen molar-refractivity contribution in [1.29, 1.82) is 0 Å². The van der Waals surface area contributed by atoms with Gasteiger partial charge in [-0.15, -0.1) is 0 Å². The van der Waals surface area contributed by atoms with Gasteiger partial charge in [-0.3, -0.25) is 14.5 Å². The van der Waals surface area contributed by atoms with Crippen molar-refractivity contribution in [3.8, 4) is 17.2 Å². The Kier molecular flexibility index (Phi) is 6.51. The van der Waals surface area contributed by atoms with Gasteiger partial charge >= 0.3 is 5.91 Å². The van der Waals surface area contributed by atoms with Crippen LogP contribution < -0.4 is 19.1 Å². The lowest BCUT2D eigenvalue weighted by molar-refractivity contribution is -0.132. The second-order valence-electron chi connectivity index (χ2n) is 9.62.